The van der Waals surface area contributed by atoms with E-state index in [9.17, 15) is 19.8 Å². The molecule has 2 atom stereocenters. The molecule has 1 aliphatic rings. The third kappa shape index (κ3) is 2.54. The number of nitrogens with zero attached hydrogens (tertiary/aromatic N) is 1. The monoisotopic (exact) mass is 239 g/mol. The zero-order valence-electron chi connectivity index (χ0n) is 10.2. The van der Waals surface area contributed by atoms with E-state index >= 15 is 0 Å². The molecule has 1 aliphatic heterocycles. The summed E-state index contributed by atoms with van der Waals surface area (Å²) < 4.78 is 0. The van der Waals surface area contributed by atoms with E-state index in [1.807, 2.05) is 6.92 Å². The van der Waals surface area contributed by atoms with Crippen LogP contribution in [0.4, 0.5) is 0 Å². The maximum atomic E-state index is 11.2. The number of rotatable bonds is 4. The molecule has 0 bridgehead atoms. The molecule has 0 spiro atoms. The fourth-order valence-electron chi connectivity index (χ4n) is 2.41. The Balaban J connectivity index is 3.27. The van der Waals surface area contributed by atoms with Crippen LogP contribution in [-0.2, 0) is 9.59 Å². The molecule has 17 heavy (non-hydrogen) atoms. The molecule has 0 saturated heterocycles. The van der Waals surface area contributed by atoms with Crippen LogP contribution in [0.1, 0.15) is 33.6 Å². The van der Waals surface area contributed by atoms with Crippen molar-refractivity contribution in [1.29, 1.82) is 0 Å². The molecule has 5 heteroatoms. The van der Waals surface area contributed by atoms with Crippen LogP contribution < -0.4 is 0 Å². The summed E-state index contributed by atoms with van der Waals surface area (Å²) in [5.41, 5.74) is 1.05. The van der Waals surface area contributed by atoms with Crippen molar-refractivity contribution in [2.75, 3.05) is 0 Å². The summed E-state index contributed by atoms with van der Waals surface area (Å²) in [6.07, 6.45) is 1.29. The van der Waals surface area contributed by atoms with Gasteiger partial charge < -0.3 is 10.2 Å². The summed E-state index contributed by atoms with van der Waals surface area (Å²) in [5.74, 6) is -3.36. The Hall–Kier alpha value is -1.65. The minimum Gasteiger partial charge on any atom is -0.481 e. The molecule has 1 rings (SSSR count). The average Bonchev–Trinajstić information content (AvgIpc) is 2.15. The fourth-order valence-corrected chi connectivity index (χ4v) is 2.41. The van der Waals surface area contributed by atoms with E-state index in [-0.39, 0.29) is 5.57 Å². The molecule has 94 valence electrons. The molecule has 0 aliphatic carbocycles. The summed E-state index contributed by atoms with van der Waals surface area (Å²) in [7, 11) is 0. The van der Waals surface area contributed by atoms with Gasteiger partial charge in [0.25, 0.3) is 0 Å². The molecule has 0 aromatic heterocycles. The first-order valence-corrected chi connectivity index (χ1v) is 5.62. The summed E-state index contributed by atoms with van der Waals surface area (Å²) >= 11 is 0. The molecule has 5 nitrogen and oxygen atoms in total. The molecule has 0 saturated carbocycles. The second kappa shape index (κ2) is 5.12. The summed E-state index contributed by atoms with van der Waals surface area (Å²) in [6.45, 7) is 5.17. The third-order valence-electron chi connectivity index (χ3n) is 3.05. The first-order chi connectivity index (χ1) is 7.90. The highest BCUT2D eigenvalue weighted by Gasteiger charge is 2.39. The number of carbonyl (C=O) groups is 2. The lowest BCUT2D eigenvalue weighted by Crippen LogP contribution is -2.36. The Labute approximate surface area is 99.9 Å². The zero-order chi connectivity index (χ0) is 13.2. The van der Waals surface area contributed by atoms with Gasteiger partial charge in [-0.1, -0.05) is 13.3 Å². The number of aliphatic imine (C=N–C) groups is 1. The Bertz CT molecular complexity index is 409. The van der Waals surface area contributed by atoms with Crippen molar-refractivity contribution in [2.45, 2.75) is 33.6 Å². The molecule has 2 unspecified atom stereocenters. The second-order valence-electron chi connectivity index (χ2n) is 4.27. The van der Waals surface area contributed by atoms with Gasteiger partial charge in [-0.25, -0.2) is 4.79 Å². The SMILES string of the molecule is CCCC1C(C(=O)O)=C(C)N=C(C)C1C(=O)O. The number of carboxylic acid groups (broad SMARTS) is 2. The lowest BCUT2D eigenvalue weighted by Gasteiger charge is -2.28. The van der Waals surface area contributed by atoms with E-state index in [1.165, 1.54) is 0 Å². The molecule has 0 aromatic carbocycles. The maximum absolute atomic E-state index is 11.2. The largest absolute Gasteiger partial charge is 0.481 e. The number of hydrogen-bond donors (Lipinski definition) is 2. The van der Waals surface area contributed by atoms with Crippen LogP contribution in [0, 0.1) is 11.8 Å². The molecule has 0 radical (unpaired) electrons. The highest BCUT2D eigenvalue weighted by Crippen LogP contribution is 2.34. The van der Waals surface area contributed by atoms with Crippen molar-refractivity contribution in [2.24, 2.45) is 16.8 Å². The van der Waals surface area contributed by atoms with Crippen LogP contribution >= 0.6 is 0 Å². The van der Waals surface area contributed by atoms with Crippen LogP contribution in [0.25, 0.3) is 0 Å². The van der Waals surface area contributed by atoms with Crippen molar-refractivity contribution in [3.8, 4) is 0 Å². The van der Waals surface area contributed by atoms with Crippen LogP contribution in [0.2, 0.25) is 0 Å². The minimum atomic E-state index is -1.07. The molecular formula is C12H17NO4. The van der Waals surface area contributed by atoms with Crippen LogP contribution in [0.3, 0.4) is 0 Å². The van der Waals surface area contributed by atoms with E-state index in [0.717, 1.165) is 6.42 Å². The van der Waals surface area contributed by atoms with Crippen molar-refractivity contribution >= 4 is 17.7 Å². The third-order valence-corrected chi connectivity index (χ3v) is 3.05. The van der Waals surface area contributed by atoms with Gasteiger partial charge >= 0.3 is 11.9 Å². The highest BCUT2D eigenvalue weighted by molar-refractivity contribution is 6.04. The molecule has 0 fully saturated rings. The normalized spacial score (nSPS) is 24.5. The summed E-state index contributed by atoms with van der Waals surface area (Å²) in [4.78, 5) is 26.5. The molecule has 0 amide bonds. The van der Waals surface area contributed by atoms with Crippen molar-refractivity contribution in [3.05, 3.63) is 11.3 Å². The van der Waals surface area contributed by atoms with Crippen LogP contribution in [0.5, 0.6) is 0 Å². The maximum Gasteiger partial charge on any atom is 0.333 e. The number of hydrogen-bond acceptors (Lipinski definition) is 3. The first-order valence-electron chi connectivity index (χ1n) is 5.62. The predicted octanol–water partition coefficient (Wildman–Crippen LogP) is 1.94. The van der Waals surface area contributed by atoms with Crippen molar-refractivity contribution < 1.29 is 19.8 Å². The minimum absolute atomic E-state index is 0.143. The van der Waals surface area contributed by atoms with E-state index in [4.69, 9.17) is 0 Å². The van der Waals surface area contributed by atoms with Crippen molar-refractivity contribution in [3.63, 3.8) is 0 Å². The van der Waals surface area contributed by atoms with E-state index in [0.29, 0.717) is 17.8 Å². The Morgan fingerprint density at radius 2 is 1.88 bits per heavy atom. The standard InChI is InChI=1S/C12H17NO4/c1-4-5-8-9(11(14)15)6(2)13-7(3)10(8)12(16)17/h8-9H,4-5H2,1-3H3,(H,14,15)(H,16,17). The lowest BCUT2D eigenvalue weighted by molar-refractivity contribution is -0.141. The topological polar surface area (TPSA) is 87.0 Å². The second-order valence-corrected chi connectivity index (χ2v) is 4.27. The summed E-state index contributed by atoms with van der Waals surface area (Å²) in [5, 5.41) is 18.4. The molecule has 0 aromatic rings. The quantitative estimate of drug-likeness (QED) is 0.784. The van der Waals surface area contributed by atoms with Gasteiger partial charge in [-0.15, -0.1) is 0 Å². The number of allylic oxidation sites excluding steroid dienone is 1. The van der Waals surface area contributed by atoms with Gasteiger partial charge in [0, 0.05) is 17.3 Å². The van der Waals surface area contributed by atoms with Crippen LogP contribution in [0.15, 0.2) is 16.3 Å². The van der Waals surface area contributed by atoms with Gasteiger partial charge in [-0.05, 0) is 20.3 Å². The number of aliphatic carboxylic acids is 2. The average molecular weight is 239 g/mol. The lowest BCUT2D eigenvalue weighted by atomic mass is 9.77. The molecular weight excluding hydrogens is 222 g/mol. The van der Waals surface area contributed by atoms with Gasteiger partial charge in [0.05, 0.1) is 5.57 Å². The Kier molecular flexibility index (Phi) is 4.04. The van der Waals surface area contributed by atoms with Crippen molar-refractivity contribution in [1.82, 2.24) is 0 Å². The van der Waals surface area contributed by atoms with E-state index in [2.05, 4.69) is 4.99 Å². The zero-order valence-corrected chi connectivity index (χ0v) is 10.2. The van der Waals surface area contributed by atoms with E-state index in [1.54, 1.807) is 13.8 Å². The van der Waals surface area contributed by atoms with E-state index < -0.39 is 23.8 Å². The first kappa shape index (κ1) is 13.4. The van der Waals surface area contributed by atoms with Gasteiger partial charge in [0.2, 0.25) is 0 Å². The smallest absolute Gasteiger partial charge is 0.333 e. The fraction of sp³-hybridized carbons (Fsp3) is 0.583. The number of carboxylic acids is 2. The molecule has 1 heterocycles. The van der Waals surface area contributed by atoms with Gasteiger partial charge in [-0.2, -0.15) is 0 Å². The van der Waals surface area contributed by atoms with Crippen LogP contribution in [-0.4, -0.2) is 27.9 Å². The highest BCUT2D eigenvalue weighted by atomic mass is 16.4. The summed E-state index contributed by atoms with van der Waals surface area (Å²) in [6, 6.07) is 0. The molecule has 2 N–H and O–H groups in total. The Morgan fingerprint density at radius 1 is 1.29 bits per heavy atom. The van der Waals surface area contributed by atoms with Gasteiger partial charge in [0.1, 0.15) is 5.92 Å². The van der Waals surface area contributed by atoms with Gasteiger partial charge in [-0.3, -0.25) is 9.79 Å². The predicted molar refractivity (Wildman–Crippen MR) is 63.0 cm³/mol. The van der Waals surface area contributed by atoms with Gasteiger partial charge in [0.15, 0.2) is 0 Å². The Morgan fingerprint density at radius 3 is 2.29 bits per heavy atom.